The van der Waals surface area contributed by atoms with Gasteiger partial charge in [-0.3, -0.25) is 0 Å². The zero-order chi connectivity index (χ0) is 24.1. The maximum atomic E-state index is 14.5. The van der Waals surface area contributed by atoms with Gasteiger partial charge >= 0.3 is 12.3 Å². The van der Waals surface area contributed by atoms with Crippen molar-refractivity contribution >= 4 is 0 Å². The summed E-state index contributed by atoms with van der Waals surface area (Å²) in [5.74, 6) is -1.33. The third-order valence-corrected chi connectivity index (χ3v) is 5.32. The topological polar surface area (TPSA) is 9.23 Å². The van der Waals surface area contributed by atoms with E-state index in [1.54, 1.807) is 24.3 Å². The molecule has 0 bridgehead atoms. The summed E-state index contributed by atoms with van der Waals surface area (Å²) in [4.78, 5) is 0. The van der Waals surface area contributed by atoms with Crippen LogP contribution in [-0.2, 0) is 31.5 Å². The predicted molar refractivity (Wildman–Crippen MR) is 115 cm³/mol. The minimum Gasteiger partial charge on any atom is -0.429 e. The first-order valence-electron chi connectivity index (χ1n) is 10.7. The van der Waals surface area contributed by atoms with E-state index in [1.165, 1.54) is 30.3 Å². The Bertz CT molecular complexity index is 1040. The van der Waals surface area contributed by atoms with Gasteiger partial charge in [-0.05, 0) is 78.8 Å². The fourth-order valence-electron chi connectivity index (χ4n) is 3.41. The van der Waals surface area contributed by atoms with Crippen LogP contribution in [0.4, 0.5) is 26.3 Å². The van der Waals surface area contributed by atoms with Gasteiger partial charge in [-0.15, -0.1) is 0 Å². The summed E-state index contributed by atoms with van der Waals surface area (Å²) in [6.45, 7) is 2.07. The molecule has 3 rings (SSSR count). The number of alkyl halides is 5. The molecule has 0 unspecified atom stereocenters. The van der Waals surface area contributed by atoms with Gasteiger partial charge in [-0.25, -0.2) is 4.39 Å². The lowest BCUT2D eigenvalue weighted by Crippen LogP contribution is -2.21. The average Bonchev–Trinajstić information content (AvgIpc) is 2.76. The van der Waals surface area contributed by atoms with Crippen molar-refractivity contribution in [2.75, 3.05) is 0 Å². The monoisotopic (exact) mass is 466 g/mol. The van der Waals surface area contributed by atoms with Crippen molar-refractivity contribution in [1.29, 1.82) is 0 Å². The molecule has 0 amide bonds. The van der Waals surface area contributed by atoms with Gasteiger partial charge in [0.25, 0.3) is 0 Å². The number of hydrogen-bond acceptors (Lipinski definition) is 1. The molecule has 3 aromatic carbocycles. The molecule has 0 fully saturated rings. The first kappa shape index (κ1) is 24.7. The number of ether oxygens (including phenoxy) is 1. The second kappa shape index (κ2) is 10.3. The van der Waals surface area contributed by atoms with E-state index in [4.69, 9.17) is 4.74 Å². The quantitative estimate of drug-likeness (QED) is 0.290. The highest BCUT2D eigenvalue weighted by atomic mass is 19.4. The fourth-order valence-corrected chi connectivity index (χ4v) is 3.41. The molecule has 176 valence electrons. The van der Waals surface area contributed by atoms with Gasteiger partial charge in [-0.1, -0.05) is 43.7 Å². The second-order valence-electron chi connectivity index (χ2n) is 7.88. The van der Waals surface area contributed by atoms with E-state index in [0.29, 0.717) is 18.4 Å². The average molecular weight is 466 g/mol. The Morgan fingerprint density at radius 2 is 1.24 bits per heavy atom. The van der Waals surface area contributed by atoms with Crippen LogP contribution >= 0.6 is 0 Å². The summed E-state index contributed by atoms with van der Waals surface area (Å²) in [6, 6.07) is 14.9. The maximum absolute atomic E-state index is 14.5. The summed E-state index contributed by atoms with van der Waals surface area (Å²) < 4.78 is 85.6. The van der Waals surface area contributed by atoms with Crippen molar-refractivity contribution in [3.8, 4) is 5.75 Å². The lowest BCUT2D eigenvalue weighted by atomic mass is 10.0. The molecule has 0 N–H and O–H groups in total. The Morgan fingerprint density at radius 3 is 1.82 bits per heavy atom. The Balaban J connectivity index is 1.59. The van der Waals surface area contributed by atoms with Crippen LogP contribution in [0.15, 0.2) is 66.7 Å². The van der Waals surface area contributed by atoms with Crippen LogP contribution in [0.3, 0.4) is 0 Å². The summed E-state index contributed by atoms with van der Waals surface area (Å²) in [7, 11) is 0. The Labute approximate surface area is 189 Å². The van der Waals surface area contributed by atoms with E-state index in [0.717, 1.165) is 42.5 Å². The van der Waals surface area contributed by atoms with Gasteiger partial charge in [0.15, 0.2) is 0 Å². The molecule has 0 heterocycles. The normalized spacial score (nSPS) is 12.1. The van der Waals surface area contributed by atoms with Gasteiger partial charge in [-0.2, -0.15) is 22.0 Å². The molecule has 0 aliphatic heterocycles. The summed E-state index contributed by atoms with van der Waals surface area (Å²) >= 11 is 0. The third kappa shape index (κ3) is 6.76. The Kier molecular flexibility index (Phi) is 7.72. The zero-order valence-corrected chi connectivity index (χ0v) is 18.1. The number of benzene rings is 3. The van der Waals surface area contributed by atoms with Crippen LogP contribution in [0.1, 0.15) is 47.6 Å². The minimum atomic E-state index is -4.74. The van der Waals surface area contributed by atoms with E-state index in [2.05, 4.69) is 6.92 Å². The van der Waals surface area contributed by atoms with Crippen molar-refractivity contribution < 1.29 is 31.1 Å². The number of unbranched alkanes of at least 4 members (excludes halogenated alkanes) is 1. The highest BCUT2D eigenvalue weighted by molar-refractivity contribution is 5.32. The Hall–Kier alpha value is -2.96. The molecule has 0 spiro atoms. The van der Waals surface area contributed by atoms with Crippen molar-refractivity contribution in [3.05, 3.63) is 100 Å². The molecule has 33 heavy (non-hydrogen) atoms. The van der Waals surface area contributed by atoms with Crippen LogP contribution in [-0.4, -0.2) is 0 Å². The standard InChI is InChI=1S/C26H24F6O/c1-2-3-4-18-7-12-21(13-8-18)26(31,32)33-22-14-9-19(10-15-22)5-6-20-11-16-23(24(27)17-20)25(28,29)30/h7-17H,2-6H2,1H3. The fraction of sp³-hybridized carbons (Fsp3) is 0.308. The third-order valence-electron chi connectivity index (χ3n) is 5.32. The highest BCUT2D eigenvalue weighted by Crippen LogP contribution is 2.33. The molecule has 0 aromatic heterocycles. The van der Waals surface area contributed by atoms with Gasteiger partial charge < -0.3 is 4.74 Å². The van der Waals surface area contributed by atoms with E-state index in [-0.39, 0.29) is 11.3 Å². The van der Waals surface area contributed by atoms with Crippen LogP contribution in [0.5, 0.6) is 5.75 Å². The van der Waals surface area contributed by atoms with Crippen molar-refractivity contribution in [3.63, 3.8) is 0 Å². The van der Waals surface area contributed by atoms with Crippen molar-refractivity contribution in [2.24, 2.45) is 0 Å². The smallest absolute Gasteiger partial charge is 0.426 e. The molecule has 0 atom stereocenters. The zero-order valence-electron chi connectivity index (χ0n) is 18.1. The molecular formula is C26H24F6O. The highest BCUT2D eigenvalue weighted by Gasteiger charge is 2.35. The molecule has 0 aliphatic rings. The summed E-state index contributed by atoms with van der Waals surface area (Å²) in [5.41, 5.74) is 0.620. The molecule has 0 saturated carbocycles. The molecule has 0 saturated heterocycles. The molecule has 0 aliphatic carbocycles. The first-order valence-corrected chi connectivity index (χ1v) is 10.7. The lowest BCUT2D eigenvalue weighted by Gasteiger charge is -2.19. The predicted octanol–water partition coefficient (Wildman–Crippen LogP) is 8.10. The molecule has 3 aromatic rings. The van der Waals surface area contributed by atoms with E-state index < -0.39 is 23.7 Å². The summed E-state index contributed by atoms with van der Waals surface area (Å²) in [5, 5.41) is 0. The van der Waals surface area contributed by atoms with Gasteiger partial charge in [0, 0.05) is 0 Å². The van der Waals surface area contributed by atoms with E-state index >= 15 is 0 Å². The maximum Gasteiger partial charge on any atom is 0.426 e. The minimum absolute atomic E-state index is 0.0145. The molecular weight excluding hydrogens is 442 g/mol. The summed E-state index contributed by atoms with van der Waals surface area (Å²) in [6.07, 6.45) is -4.68. The SMILES string of the molecule is CCCCc1ccc(C(F)(F)Oc2ccc(CCc3ccc(C(F)(F)F)c(F)c3)cc2)cc1. The van der Waals surface area contributed by atoms with Crippen LogP contribution in [0.25, 0.3) is 0 Å². The largest absolute Gasteiger partial charge is 0.429 e. The lowest BCUT2D eigenvalue weighted by molar-refractivity contribution is -0.185. The van der Waals surface area contributed by atoms with Crippen LogP contribution in [0.2, 0.25) is 0 Å². The van der Waals surface area contributed by atoms with E-state index in [1.807, 2.05) is 0 Å². The number of aryl methyl sites for hydroxylation is 3. The van der Waals surface area contributed by atoms with E-state index in [9.17, 15) is 26.3 Å². The first-order chi connectivity index (χ1) is 15.6. The van der Waals surface area contributed by atoms with Crippen LogP contribution in [0, 0.1) is 5.82 Å². The second-order valence-corrected chi connectivity index (χ2v) is 7.88. The van der Waals surface area contributed by atoms with Gasteiger partial charge in [0.05, 0.1) is 11.1 Å². The number of rotatable bonds is 9. The molecule has 7 heteroatoms. The number of halogens is 6. The Morgan fingerprint density at radius 1 is 0.697 bits per heavy atom. The molecule has 0 radical (unpaired) electrons. The number of hydrogen-bond donors (Lipinski definition) is 0. The molecule has 1 nitrogen and oxygen atoms in total. The van der Waals surface area contributed by atoms with Crippen molar-refractivity contribution in [1.82, 2.24) is 0 Å². The van der Waals surface area contributed by atoms with Crippen molar-refractivity contribution in [2.45, 2.75) is 51.3 Å². The van der Waals surface area contributed by atoms with Crippen LogP contribution < -0.4 is 4.74 Å². The van der Waals surface area contributed by atoms with Gasteiger partial charge in [0.2, 0.25) is 0 Å². The van der Waals surface area contributed by atoms with Gasteiger partial charge in [0.1, 0.15) is 11.6 Å².